The van der Waals surface area contributed by atoms with Crippen molar-refractivity contribution < 1.29 is 0 Å². The molecule has 0 unspecified atom stereocenters. The molecular weight excluding hydrogens is 180 g/mol. The van der Waals surface area contributed by atoms with Crippen molar-refractivity contribution >= 4 is 11.0 Å². The zero-order valence-corrected chi connectivity index (χ0v) is 7.95. The maximum absolute atomic E-state index is 11.3. The van der Waals surface area contributed by atoms with Crippen LogP contribution in [0.4, 0.5) is 0 Å². The summed E-state index contributed by atoms with van der Waals surface area (Å²) in [6.45, 7) is 2.94. The fraction of sp³-hybridized carbons (Fsp3) is 0.333. The molecule has 0 fully saturated rings. The van der Waals surface area contributed by atoms with E-state index >= 15 is 0 Å². The Hall–Kier alpha value is -1.78. The van der Waals surface area contributed by atoms with Gasteiger partial charge >= 0.3 is 0 Å². The Kier molecular flexibility index (Phi) is 2.22. The van der Waals surface area contributed by atoms with Crippen LogP contribution >= 0.6 is 0 Å². The van der Waals surface area contributed by atoms with Crippen LogP contribution in [0.5, 0.6) is 0 Å². The van der Waals surface area contributed by atoms with Crippen LogP contribution in [0.3, 0.4) is 0 Å². The number of aromatic nitrogens is 3. The van der Waals surface area contributed by atoms with E-state index in [1.807, 2.05) is 6.07 Å². The Labute approximate surface area is 80.7 Å². The number of H-pyrrole nitrogens is 1. The second kappa shape index (κ2) is 3.53. The average Bonchev–Trinajstić information content (AvgIpc) is 2.60. The summed E-state index contributed by atoms with van der Waals surface area (Å²) in [5.74, 6) is 0. The number of nitrogens with zero attached hydrogens (tertiary/aromatic N) is 2. The first-order chi connectivity index (χ1) is 6.83. The van der Waals surface area contributed by atoms with E-state index in [2.05, 4.69) is 22.3 Å². The number of imidazole rings is 1. The minimum absolute atomic E-state index is 0.153. The highest BCUT2D eigenvalue weighted by Gasteiger charge is 2.03. The van der Waals surface area contributed by atoms with Gasteiger partial charge in [-0.05, 0) is 12.5 Å². The van der Waals surface area contributed by atoms with Gasteiger partial charge in [0.25, 0.3) is 5.56 Å². The minimum Gasteiger partial charge on any atom is -0.327 e. The highest BCUT2D eigenvalue weighted by atomic mass is 16.1. The van der Waals surface area contributed by atoms with E-state index in [0.29, 0.717) is 5.52 Å². The number of rotatable bonds is 3. The van der Waals surface area contributed by atoms with Gasteiger partial charge in [0, 0.05) is 12.7 Å². The molecule has 0 aromatic carbocycles. The Morgan fingerprint density at radius 2 is 2.50 bits per heavy atom. The molecule has 0 aliphatic carbocycles. The molecule has 5 nitrogen and oxygen atoms in total. The van der Waals surface area contributed by atoms with E-state index in [0.717, 1.165) is 18.5 Å². The van der Waals surface area contributed by atoms with Crippen LogP contribution in [0.25, 0.3) is 11.0 Å². The molecule has 0 radical (unpaired) electrons. The second-order valence-corrected chi connectivity index (χ2v) is 3.06. The third kappa shape index (κ3) is 1.37. The molecule has 0 bridgehead atoms. The Bertz CT molecular complexity index is 485. The third-order valence-corrected chi connectivity index (χ3v) is 2.01. The largest absolute Gasteiger partial charge is 0.327 e. The fourth-order valence-corrected chi connectivity index (χ4v) is 1.31. The van der Waals surface area contributed by atoms with E-state index in [1.165, 1.54) is 0 Å². The summed E-state index contributed by atoms with van der Waals surface area (Å²) in [5.41, 5.74) is 4.27. The number of nitrogens with one attached hydrogen (secondary N) is 2. The summed E-state index contributed by atoms with van der Waals surface area (Å²) in [7, 11) is 0. The standard InChI is InChI=1S/C9H12N4O/c1-2-4-12-13-6-11-8-7(13)3-5-10-9(8)14/h3,5-6,12H,2,4H2,1H3,(H,10,14). The van der Waals surface area contributed by atoms with E-state index < -0.39 is 0 Å². The number of hydrogen-bond acceptors (Lipinski definition) is 3. The van der Waals surface area contributed by atoms with E-state index in [9.17, 15) is 4.79 Å². The van der Waals surface area contributed by atoms with Crippen LogP contribution in [-0.2, 0) is 0 Å². The molecule has 14 heavy (non-hydrogen) atoms. The van der Waals surface area contributed by atoms with Crippen LogP contribution < -0.4 is 11.0 Å². The summed E-state index contributed by atoms with van der Waals surface area (Å²) in [4.78, 5) is 17.9. The first-order valence-electron chi connectivity index (χ1n) is 4.61. The highest BCUT2D eigenvalue weighted by molar-refractivity contribution is 5.73. The van der Waals surface area contributed by atoms with Gasteiger partial charge in [-0.1, -0.05) is 6.92 Å². The summed E-state index contributed by atoms with van der Waals surface area (Å²) in [6.07, 6.45) is 4.27. The summed E-state index contributed by atoms with van der Waals surface area (Å²) in [6, 6.07) is 1.83. The normalized spacial score (nSPS) is 10.6. The lowest BCUT2D eigenvalue weighted by Gasteiger charge is -2.05. The maximum atomic E-state index is 11.3. The molecule has 0 amide bonds. The van der Waals surface area contributed by atoms with Gasteiger partial charge in [0.15, 0.2) is 5.52 Å². The highest BCUT2D eigenvalue weighted by Crippen LogP contribution is 2.04. The lowest BCUT2D eigenvalue weighted by molar-refractivity contribution is 0.824. The Morgan fingerprint density at radius 1 is 1.64 bits per heavy atom. The lowest BCUT2D eigenvalue weighted by atomic mass is 10.4. The van der Waals surface area contributed by atoms with Crippen molar-refractivity contribution in [3.63, 3.8) is 0 Å². The van der Waals surface area contributed by atoms with E-state index in [1.54, 1.807) is 17.2 Å². The number of pyridine rings is 1. The van der Waals surface area contributed by atoms with Gasteiger partial charge < -0.3 is 10.4 Å². The third-order valence-electron chi connectivity index (χ3n) is 2.01. The van der Waals surface area contributed by atoms with Crippen LogP contribution in [0, 0.1) is 0 Å². The topological polar surface area (TPSA) is 62.7 Å². The predicted octanol–water partition coefficient (Wildman–Crippen LogP) is 0.678. The summed E-state index contributed by atoms with van der Waals surface area (Å²) < 4.78 is 1.77. The molecule has 2 aromatic heterocycles. The summed E-state index contributed by atoms with van der Waals surface area (Å²) in [5, 5.41) is 0. The molecule has 0 saturated heterocycles. The van der Waals surface area contributed by atoms with E-state index in [-0.39, 0.29) is 5.56 Å². The Balaban J connectivity index is 2.47. The lowest BCUT2D eigenvalue weighted by Crippen LogP contribution is -2.14. The van der Waals surface area contributed by atoms with E-state index in [4.69, 9.17) is 0 Å². The van der Waals surface area contributed by atoms with Gasteiger partial charge in [0.2, 0.25) is 0 Å². The van der Waals surface area contributed by atoms with Crippen molar-refractivity contribution in [1.29, 1.82) is 0 Å². The smallest absolute Gasteiger partial charge is 0.276 e. The second-order valence-electron chi connectivity index (χ2n) is 3.06. The maximum Gasteiger partial charge on any atom is 0.276 e. The molecule has 2 aromatic rings. The van der Waals surface area contributed by atoms with Crippen molar-refractivity contribution in [2.24, 2.45) is 0 Å². The van der Waals surface area contributed by atoms with Crippen LogP contribution in [0.15, 0.2) is 23.4 Å². The molecule has 2 N–H and O–H groups in total. The van der Waals surface area contributed by atoms with Gasteiger partial charge in [-0.25, -0.2) is 9.66 Å². The average molecular weight is 192 g/mol. The predicted molar refractivity (Wildman–Crippen MR) is 54.9 cm³/mol. The number of aromatic amines is 1. The van der Waals surface area contributed by atoms with Crippen LogP contribution in [-0.4, -0.2) is 21.2 Å². The van der Waals surface area contributed by atoms with Gasteiger partial charge in [-0.15, -0.1) is 0 Å². The van der Waals surface area contributed by atoms with Crippen molar-refractivity contribution in [3.05, 3.63) is 28.9 Å². The molecule has 0 saturated carbocycles. The first-order valence-corrected chi connectivity index (χ1v) is 4.61. The zero-order chi connectivity index (χ0) is 9.97. The van der Waals surface area contributed by atoms with Crippen LogP contribution in [0.1, 0.15) is 13.3 Å². The van der Waals surface area contributed by atoms with Gasteiger partial charge in [-0.2, -0.15) is 0 Å². The molecule has 2 heterocycles. The molecule has 5 heteroatoms. The van der Waals surface area contributed by atoms with Crippen molar-refractivity contribution in [2.45, 2.75) is 13.3 Å². The minimum atomic E-state index is -0.153. The number of hydrogen-bond donors (Lipinski definition) is 2. The van der Waals surface area contributed by atoms with Crippen molar-refractivity contribution in [3.8, 4) is 0 Å². The van der Waals surface area contributed by atoms with Crippen LogP contribution in [0.2, 0.25) is 0 Å². The zero-order valence-electron chi connectivity index (χ0n) is 7.95. The molecule has 0 aliphatic heterocycles. The van der Waals surface area contributed by atoms with Crippen molar-refractivity contribution in [1.82, 2.24) is 14.6 Å². The summed E-state index contributed by atoms with van der Waals surface area (Å²) >= 11 is 0. The molecule has 2 rings (SSSR count). The monoisotopic (exact) mass is 192 g/mol. The fourth-order valence-electron chi connectivity index (χ4n) is 1.31. The van der Waals surface area contributed by atoms with Gasteiger partial charge in [0.05, 0.1) is 5.52 Å². The molecule has 0 atom stereocenters. The van der Waals surface area contributed by atoms with Gasteiger partial charge in [-0.3, -0.25) is 4.79 Å². The quantitative estimate of drug-likeness (QED) is 0.751. The SMILES string of the molecule is CCCNn1cnc2c(=O)[nH]ccc21. The van der Waals surface area contributed by atoms with Crippen molar-refractivity contribution in [2.75, 3.05) is 12.0 Å². The first kappa shape index (κ1) is 8.80. The molecule has 0 aliphatic rings. The number of fused-ring (bicyclic) bond motifs is 1. The van der Waals surface area contributed by atoms with Gasteiger partial charge in [0.1, 0.15) is 6.33 Å². The molecular formula is C9H12N4O. The molecule has 74 valence electrons. The molecule has 0 spiro atoms. The Morgan fingerprint density at radius 3 is 3.29 bits per heavy atom.